The van der Waals surface area contributed by atoms with Gasteiger partial charge in [0.25, 0.3) is 0 Å². The van der Waals surface area contributed by atoms with Gasteiger partial charge in [0.1, 0.15) is 6.04 Å². The number of piperidine rings is 1. The minimum Gasteiger partial charge on any atom is -0.465 e. The zero-order chi connectivity index (χ0) is 25.5. The maximum atomic E-state index is 12.9. The minimum atomic E-state index is -0.439. The second kappa shape index (κ2) is 12.0. The second-order valence-corrected chi connectivity index (χ2v) is 9.41. The van der Waals surface area contributed by atoms with Gasteiger partial charge in [-0.15, -0.1) is 0 Å². The number of ether oxygens (including phenoxy) is 1. The lowest BCUT2D eigenvalue weighted by atomic mass is 9.97. The number of amides is 1. The van der Waals surface area contributed by atoms with Gasteiger partial charge in [0.2, 0.25) is 5.91 Å². The first-order valence-corrected chi connectivity index (χ1v) is 12.8. The highest BCUT2D eigenvalue weighted by molar-refractivity contribution is 5.88. The van der Waals surface area contributed by atoms with Crippen molar-refractivity contribution in [3.63, 3.8) is 0 Å². The van der Waals surface area contributed by atoms with Gasteiger partial charge in [-0.1, -0.05) is 12.1 Å². The van der Waals surface area contributed by atoms with E-state index in [4.69, 9.17) is 10.00 Å². The summed E-state index contributed by atoms with van der Waals surface area (Å²) < 4.78 is 5.43. The summed E-state index contributed by atoms with van der Waals surface area (Å²) in [5, 5.41) is 11.8. The lowest BCUT2D eigenvalue weighted by Crippen LogP contribution is -2.54. The third-order valence-electron chi connectivity index (χ3n) is 7.11. The van der Waals surface area contributed by atoms with Gasteiger partial charge in [-0.25, -0.2) is 4.79 Å². The van der Waals surface area contributed by atoms with Gasteiger partial charge in [0, 0.05) is 63.6 Å². The molecule has 0 aliphatic carbocycles. The molecule has 36 heavy (non-hydrogen) atoms. The number of nitriles is 1. The Kier molecular flexibility index (Phi) is 8.57. The molecule has 2 aliphatic heterocycles. The van der Waals surface area contributed by atoms with Crippen molar-refractivity contribution in [3.8, 4) is 6.07 Å². The first-order chi connectivity index (χ1) is 17.5. The average molecular weight is 490 g/mol. The van der Waals surface area contributed by atoms with Crippen LogP contribution < -0.4 is 10.2 Å². The number of esters is 1. The zero-order valence-corrected chi connectivity index (χ0v) is 21.2. The van der Waals surface area contributed by atoms with Gasteiger partial charge in [-0.05, 0) is 61.7 Å². The normalized spacial score (nSPS) is 18.3. The molecule has 2 aliphatic rings. The smallest absolute Gasteiger partial charge is 0.327 e. The number of anilines is 2. The fraction of sp³-hybridized carbons (Fsp3) is 0.464. The molecule has 1 unspecified atom stereocenters. The van der Waals surface area contributed by atoms with Crippen molar-refractivity contribution >= 4 is 23.3 Å². The van der Waals surface area contributed by atoms with E-state index in [9.17, 15) is 9.59 Å². The molecule has 2 heterocycles. The molecule has 1 N–H and O–H groups in total. The molecule has 0 radical (unpaired) electrons. The second-order valence-electron chi connectivity index (χ2n) is 9.41. The number of benzene rings is 2. The van der Waals surface area contributed by atoms with E-state index in [1.54, 1.807) is 0 Å². The molecule has 2 saturated heterocycles. The van der Waals surface area contributed by atoms with E-state index in [2.05, 4.69) is 26.1 Å². The van der Waals surface area contributed by atoms with Crippen LogP contribution in [0.2, 0.25) is 0 Å². The number of nitrogens with one attached hydrogen (secondary N) is 1. The highest BCUT2D eigenvalue weighted by atomic mass is 16.5. The molecule has 8 heteroatoms. The Balaban J connectivity index is 1.34. The summed E-state index contributed by atoms with van der Waals surface area (Å²) in [6.45, 7) is 9.28. The number of carbonyl (C=O) groups is 2. The minimum absolute atomic E-state index is 0.121. The van der Waals surface area contributed by atoms with E-state index >= 15 is 0 Å². The number of hydrogen-bond donors (Lipinski definition) is 1. The molecule has 0 spiro atoms. The Morgan fingerprint density at radius 3 is 2.19 bits per heavy atom. The van der Waals surface area contributed by atoms with E-state index in [1.165, 1.54) is 12.6 Å². The molecule has 1 amide bonds. The number of piperazine rings is 1. The van der Waals surface area contributed by atoms with Gasteiger partial charge in [0.05, 0.1) is 18.2 Å². The number of carbonyl (C=O) groups excluding carboxylic acids is 2. The lowest BCUT2D eigenvalue weighted by Gasteiger charge is -2.44. The summed E-state index contributed by atoms with van der Waals surface area (Å²) in [4.78, 5) is 31.5. The number of likely N-dealkylation sites (tertiary alicyclic amines) is 1. The fourth-order valence-corrected chi connectivity index (χ4v) is 5.27. The van der Waals surface area contributed by atoms with Crippen LogP contribution in [0.3, 0.4) is 0 Å². The van der Waals surface area contributed by atoms with E-state index in [0.29, 0.717) is 23.9 Å². The molecule has 0 saturated carbocycles. The Labute approximate surface area is 213 Å². The Bertz CT molecular complexity index is 1060. The third kappa shape index (κ3) is 6.23. The van der Waals surface area contributed by atoms with Crippen LogP contribution in [0.5, 0.6) is 0 Å². The highest BCUT2D eigenvalue weighted by Crippen LogP contribution is 2.29. The van der Waals surface area contributed by atoms with Gasteiger partial charge >= 0.3 is 5.97 Å². The average Bonchev–Trinajstić information content (AvgIpc) is 2.90. The van der Waals surface area contributed by atoms with Crippen LogP contribution >= 0.6 is 0 Å². The van der Waals surface area contributed by atoms with Crippen molar-refractivity contribution in [2.45, 2.75) is 38.8 Å². The molecule has 2 aromatic carbocycles. The largest absolute Gasteiger partial charge is 0.465 e. The first-order valence-electron chi connectivity index (χ1n) is 12.8. The van der Waals surface area contributed by atoms with E-state index < -0.39 is 6.04 Å². The molecular formula is C28H35N5O3. The van der Waals surface area contributed by atoms with Crippen molar-refractivity contribution in [2.24, 2.45) is 0 Å². The molecule has 190 valence electrons. The van der Waals surface area contributed by atoms with Crippen molar-refractivity contribution in [1.82, 2.24) is 9.80 Å². The maximum absolute atomic E-state index is 12.9. The van der Waals surface area contributed by atoms with Crippen LogP contribution in [0.15, 0.2) is 48.5 Å². The SMILES string of the molecule is CCOC(=O)C(c1ccc(NC(C)=O)cc1)N1CCC(N2CCN(c3ccc(C#N)cc3)CC2)CC1. The standard InChI is InChI=1S/C28H35N5O3/c1-3-36-28(35)27(23-6-8-24(9-7-23)30-21(2)34)33-14-12-26(13-15-33)32-18-16-31(17-19-32)25-10-4-22(20-29)5-11-25/h4-11,26-27H,3,12-19H2,1-2H3,(H,30,34). The molecule has 0 aromatic heterocycles. The quantitative estimate of drug-likeness (QED) is 0.596. The van der Waals surface area contributed by atoms with E-state index in [1.807, 2.05) is 55.5 Å². The van der Waals surface area contributed by atoms with E-state index in [0.717, 1.165) is 57.7 Å². The van der Waals surface area contributed by atoms with Crippen molar-refractivity contribution in [3.05, 3.63) is 59.7 Å². The van der Waals surface area contributed by atoms with Crippen LogP contribution in [0.4, 0.5) is 11.4 Å². The molecule has 2 aromatic rings. The number of hydrogen-bond acceptors (Lipinski definition) is 7. The molecule has 4 rings (SSSR count). The van der Waals surface area contributed by atoms with Gasteiger partial charge in [0.15, 0.2) is 0 Å². The number of rotatable bonds is 7. The fourth-order valence-electron chi connectivity index (χ4n) is 5.27. The Morgan fingerprint density at radius 1 is 1.00 bits per heavy atom. The summed E-state index contributed by atoms with van der Waals surface area (Å²) >= 11 is 0. The first kappa shape index (κ1) is 25.7. The zero-order valence-electron chi connectivity index (χ0n) is 21.2. The van der Waals surface area contributed by atoms with Crippen LogP contribution in [0.25, 0.3) is 0 Å². The lowest BCUT2D eigenvalue weighted by molar-refractivity contribution is -0.150. The van der Waals surface area contributed by atoms with E-state index in [-0.39, 0.29) is 11.9 Å². The van der Waals surface area contributed by atoms with Crippen molar-refractivity contribution in [2.75, 3.05) is 56.1 Å². The van der Waals surface area contributed by atoms with Crippen LogP contribution in [-0.2, 0) is 14.3 Å². The van der Waals surface area contributed by atoms with Gasteiger partial charge in [-0.2, -0.15) is 5.26 Å². The van der Waals surface area contributed by atoms with Crippen molar-refractivity contribution < 1.29 is 14.3 Å². The van der Waals surface area contributed by atoms with Gasteiger partial charge in [-0.3, -0.25) is 14.6 Å². The molecule has 1 atom stereocenters. The summed E-state index contributed by atoms with van der Waals surface area (Å²) in [6, 6.07) is 17.6. The third-order valence-corrected chi connectivity index (χ3v) is 7.11. The predicted octanol–water partition coefficient (Wildman–Crippen LogP) is 3.41. The number of nitrogens with zero attached hydrogens (tertiary/aromatic N) is 4. The monoisotopic (exact) mass is 489 g/mol. The maximum Gasteiger partial charge on any atom is 0.327 e. The van der Waals surface area contributed by atoms with Crippen LogP contribution in [0, 0.1) is 11.3 Å². The predicted molar refractivity (Wildman–Crippen MR) is 140 cm³/mol. The van der Waals surface area contributed by atoms with Crippen molar-refractivity contribution in [1.29, 1.82) is 5.26 Å². The summed E-state index contributed by atoms with van der Waals surface area (Å²) in [5.74, 6) is -0.344. The van der Waals surface area contributed by atoms with Gasteiger partial charge < -0.3 is 15.0 Å². The molecule has 8 nitrogen and oxygen atoms in total. The summed E-state index contributed by atoms with van der Waals surface area (Å²) in [7, 11) is 0. The molecule has 0 bridgehead atoms. The summed E-state index contributed by atoms with van der Waals surface area (Å²) in [5.41, 5.74) is 3.46. The van der Waals surface area contributed by atoms with Crippen LogP contribution in [-0.4, -0.2) is 73.6 Å². The molecule has 2 fully saturated rings. The molecular weight excluding hydrogens is 454 g/mol. The van der Waals surface area contributed by atoms with Crippen LogP contribution in [0.1, 0.15) is 43.9 Å². The Hall–Kier alpha value is -3.41. The Morgan fingerprint density at radius 2 is 1.64 bits per heavy atom. The highest BCUT2D eigenvalue weighted by Gasteiger charge is 2.34. The summed E-state index contributed by atoms with van der Waals surface area (Å²) in [6.07, 6.45) is 2.02. The topological polar surface area (TPSA) is 88.9 Å².